The number of carbonyl (C=O) groups excluding carboxylic acids is 1. The van der Waals surface area contributed by atoms with Crippen LogP contribution in [0.3, 0.4) is 0 Å². The van der Waals surface area contributed by atoms with Crippen molar-refractivity contribution < 1.29 is 4.79 Å². The molecule has 0 saturated heterocycles. The van der Waals surface area contributed by atoms with E-state index in [1.54, 1.807) is 0 Å². The molecule has 0 spiro atoms. The highest BCUT2D eigenvalue weighted by Crippen LogP contribution is 2.06. The Labute approximate surface area is 129 Å². The molecule has 0 aromatic heterocycles. The van der Waals surface area contributed by atoms with Crippen LogP contribution in [0.4, 0.5) is 0 Å². The molecule has 0 bridgehead atoms. The minimum atomic E-state index is 0.222. The van der Waals surface area contributed by atoms with Crippen molar-refractivity contribution in [1.29, 1.82) is 0 Å². The second kappa shape index (κ2) is 9.69. The number of carbonyl (C=O) groups is 1. The highest BCUT2D eigenvalue weighted by atomic mass is 16.1. The van der Waals surface area contributed by atoms with Gasteiger partial charge >= 0.3 is 0 Å². The van der Waals surface area contributed by atoms with Gasteiger partial charge in [0.15, 0.2) is 5.78 Å². The fourth-order valence-corrected chi connectivity index (χ4v) is 2.44. The predicted octanol–water partition coefficient (Wildman–Crippen LogP) is 3.23. The maximum absolute atomic E-state index is 12.3. The number of hydrogen-bond donors (Lipinski definition) is 0. The lowest BCUT2D eigenvalue weighted by Gasteiger charge is -2.22. The maximum atomic E-state index is 12.3. The van der Waals surface area contributed by atoms with Crippen molar-refractivity contribution in [2.75, 3.05) is 39.3 Å². The van der Waals surface area contributed by atoms with Crippen LogP contribution < -0.4 is 0 Å². The number of Topliss-reactive ketones (excluding diaryl/α,β-unsaturated/α-hetero) is 1. The molecule has 118 valence electrons. The van der Waals surface area contributed by atoms with Gasteiger partial charge in [-0.1, -0.05) is 50.6 Å². The van der Waals surface area contributed by atoms with Crippen LogP contribution in [0, 0.1) is 6.92 Å². The average molecular weight is 290 g/mol. The Bertz CT molecular complexity index is 410. The number of aryl methyl sites for hydroxylation is 1. The molecule has 0 atom stereocenters. The van der Waals surface area contributed by atoms with E-state index in [0.717, 1.165) is 44.7 Å². The van der Waals surface area contributed by atoms with Crippen LogP contribution in [0.25, 0.3) is 0 Å². The van der Waals surface area contributed by atoms with E-state index in [1.807, 2.05) is 31.2 Å². The number of ketones is 1. The van der Waals surface area contributed by atoms with Gasteiger partial charge in [0.2, 0.25) is 0 Å². The number of hydrogen-bond acceptors (Lipinski definition) is 3. The Morgan fingerprint density at radius 3 is 1.95 bits per heavy atom. The summed E-state index contributed by atoms with van der Waals surface area (Å²) in [6.07, 6.45) is 1.12. The Morgan fingerprint density at radius 1 is 0.905 bits per heavy atom. The molecule has 0 N–H and O–H groups in total. The third-order valence-corrected chi connectivity index (χ3v) is 4.03. The summed E-state index contributed by atoms with van der Waals surface area (Å²) < 4.78 is 0. The number of benzene rings is 1. The summed E-state index contributed by atoms with van der Waals surface area (Å²) in [6.45, 7) is 14.3. The lowest BCUT2D eigenvalue weighted by molar-refractivity contribution is 0.0930. The van der Waals surface area contributed by atoms with Crippen molar-refractivity contribution in [2.45, 2.75) is 34.1 Å². The van der Waals surface area contributed by atoms with Crippen LogP contribution in [0.2, 0.25) is 0 Å². The molecule has 0 unspecified atom stereocenters. The first-order chi connectivity index (χ1) is 10.1. The van der Waals surface area contributed by atoms with E-state index in [4.69, 9.17) is 0 Å². The molecule has 0 saturated carbocycles. The van der Waals surface area contributed by atoms with Crippen molar-refractivity contribution in [3.05, 3.63) is 35.4 Å². The SMILES string of the molecule is CCN(CC)CCCN(CC)CC(=O)c1ccc(C)cc1. The number of rotatable bonds is 10. The van der Waals surface area contributed by atoms with Crippen molar-refractivity contribution in [3.8, 4) is 0 Å². The minimum Gasteiger partial charge on any atom is -0.304 e. The Balaban J connectivity index is 2.42. The summed E-state index contributed by atoms with van der Waals surface area (Å²) in [5, 5.41) is 0. The molecule has 0 heterocycles. The van der Waals surface area contributed by atoms with Gasteiger partial charge < -0.3 is 4.90 Å². The molecular formula is C18H30N2O. The second-order valence-electron chi connectivity index (χ2n) is 5.54. The van der Waals surface area contributed by atoms with E-state index >= 15 is 0 Å². The van der Waals surface area contributed by atoms with Gasteiger partial charge in [0.1, 0.15) is 0 Å². The molecule has 0 aliphatic carbocycles. The topological polar surface area (TPSA) is 23.6 Å². The molecule has 0 radical (unpaired) electrons. The fourth-order valence-electron chi connectivity index (χ4n) is 2.44. The maximum Gasteiger partial charge on any atom is 0.176 e. The average Bonchev–Trinajstić information content (AvgIpc) is 2.50. The monoisotopic (exact) mass is 290 g/mol. The number of likely N-dealkylation sites (N-methyl/N-ethyl adjacent to an activating group) is 1. The Kier molecular flexibility index (Phi) is 8.24. The van der Waals surface area contributed by atoms with E-state index in [9.17, 15) is 4.79 Å². The molecular weight excluding hydrogens is 260 g/mol. The summed E-state index contributed by atoms with van der Waals surface area (Å²) in [4.78, 5) is 17.0. The van der Waals surface area contributed by atoms with Crippen LogP contribution in [-0.2, 0) is 0 Å². The van der Waals surface area contributed by atoms with Gasteiger partial charge in [0.05, 0.1) is 6.54 Å². The summed E-state index contributed by atoms with van der Waals surface area (Å²) in [6, 6.07) is 7.87. The molecule has 0 amide bonds. The summed E-state index contributed by atoms with van der Waals surface area (Å²) in [5.41, 5.74) is 2.01. The highest BCUT2D eigenvalue weighted by molar-refractivity contribution is 5.97. The van der Waals surface area contributed by atoms with Crippen molar-refractivity contribution in [3.63, 3.8) is 0 Å². The molecule has 1 aromatic rings. The van der Waals surface area contributed by atoms with Crippen LogP contribution in [0.5, 0.6) is 0 Å². The van der Waals surface area contributed by atoms with Crippen LogP contribution in [0.1, 0.15) is 43.1 Å². The van der Waals surface area contributed by atoms with Gasteiger partial charge in [-0.05, 0) is 46.1 Å². The number of nitrogens with zero attached hydrogens (tertiary/aromatic N) is 2. The van der Waals surface area contributed by atoms with Crippen molar-refractivity contribution >= 4 is 5.78 Å². The van der Waals surface area contributed by atoms with E-state index < -0.39 is 0 Å². The normalized spacial score (nSPS) is 11.3. The largest absolute Gasteiger partial charge is 0.304 e. The zero-order valence-electron chi connectivity index (χ0n) is 14.1. The molecule has 0 aliphatic rings. The molecule has 0 aliphatic heterocycles. The highest BCUT2D eigenvalue weighted by Gasteiger charge is 2.11. The van der Waals surface area contributed by atoms with Gasteiger partial charge in [0, 0.05) is 5.56 Å². The van der Waals surface area contributed by atoms with E-state index in [-0.39, 0.29) is 5.78 Å². The zero-order valence-corrected chi connectivity index (χ0v) is 14.1. The smallest absolute Gasteiger partial charge is 0.176 e. The molecule has 21 heavy (non-hydrogen) atoms. The van der Waals surface area contributed by atoms with Crippen LogP contribution in [0.15, 0.2) is 24.3 Å². The first-order valence-electron chi connectivity index (χ1n) is 8.15. The first-order valence-corrected chi connectivity index (χ1v) is 8.15. The third-order valence-electron chi connectivity index (χ3n) is 4.03. The molecule has 3 heteroatoms. The molecule has 0 fully saturated rings. The van der Waals surface area contributed by atoms with E-state index in [1.165, 1.54) is 5.56 Å². The van der Waals surface area contributed by atoms with Gasteiger partial charge in [-0.25, -0.2) is 0 Å². The summed E-state index contributed by atoms with van der Waals surface area (Å²) >= 11 is 0. The molecule has 1 rings (SSSR count). The Hall–Kier alpha value is -1.19. The van der Waals surface area contributed by atoms with Gasteiger partial charge in [-0.2, -0.15) is 0 Å². The van der Waals surface area contributed by atoms with Gasteiger partial charge in [0.25, 0.3) is 0 Å². The van der Waals surface area contributed by atoms with Gasteiger partial charge in [-0.15, -0.1) is 0 Å². The molecule has 3 nitrogen and oxygen atoms in total. The third kappa shape index (κ3) is 6.40. The lowest BCUT2D eigenvalue weighted by atomic mass is 10.1. The van der Waals surface area contributed by atoms with Gasteiger partial charge in [-0.3, -0.25) is 9.69 Å². The van der Waals surface area contributed by atoms with Crippen molar-refractivity contribution in [1.82, 2.24) is 9.80 Å². The Morgan fingerprint density at radius 2 is 1.43 bits per heavy atom. The second-order valence-corrected chi connectivity index (χ2v) is 5.54. The summed E-state index contributed by atoms with van der Waals surface area (Å²) in [5.74, 6) is 0.222. The van der Waals surface area contributed by atoms with Crippen LogP contribution in [-0.4, -0.2) is 54.9 Å². The molecule has 1 aromatic carbocycles. The standard InChI is InChI=1S/C18H30N2O/c1-5-19(6-2)13-8-14-20(7-3)15-18(21)17-11-9-16(4)10-12-17/h9-12H,5-8,13-15H2,1-4H3. The fraction of sp³-hybridized carbons (Fsp3) is 0.611. The first kappa shape index (κ1) is 17.9. The van der Waals surface area contributed by atoms with E-state index in [0.29, 0.717) is 6.54 Å². The van der Waals surface area contributed by atoms with Crippen molar-refractivity contribution in [2.24, 2.45) is 0 Å². The lowest BCUT2D eigenvalue weighted by Crippen LogP contribution is -2.33. The summed E-state index contributed by atoms with van der Waals surface area (Å²) in [7, 11) is 0. The zero-order chi connectivity index (χ0) is 15.7. The van der Waals surface area contributed by atoms with E-state index in [2.05, 4.69) is 30.6 Å². The van der Waals surface area contributed by atoms with Crippen LogP contribution >= 0.6 is 0 Å². The minimum absolute atomic E-state index is 0.222. The predicted molar refractivity (Wildman–Crippen MR) is 90.0 cm³/mol. The quantitative estimate of drug-likeness (QED) is 0.618.